The van der Waals surface area contributed by atoms with Gasteiger partial charge in [-0.1, -0.05) is 82.0 Å². The molecule has 8 rings (SSSR count). The maximum Gasteiger partial charge on any atom is 0.340 e. The van der Waals surface area contributed by atoms with E-state index in [0.717, 1.165) is 57.2 Å². The van der Waals surface area contributed by atoms with Gasteiger partial charge in [-0.05, 0) is 81.3 Å². The van der Waals surface area contributed by atoms with Crippen molar-refractivity contribution < 1.29 is 72.0 Å². The topological polar surface area (TPSA) is 300 Å². The molecule has 0 bridgehead atoms. The van der Waals surface area contributed by atoms with Crippen LogP contribution in [0.2, 0.25) is 0 Å². The van der Waals surface area contributed by atoms with Gasteiger partial charge in [0.1, 0.15) is 40.1 Å². The number of aryl methyl sites for hydroxylation is 2. The Morgan fingerprint density at radius 1 is 0.532 bits per heavy atom. The van der Waals surface area contributed by atoms with Crippen LogP contribution in [0.1, 0.15) is 156 Å². The minimum absolute atomic E-state index is 0.0527. The average molecular weight is 1310 g/mol. The largest absolute Gasteiger partial charge is 0.508 e. The number of aromatic nitrogens is 9. The summed E-state index contributed by atoms with van der Waals surface area (Å²) in [6, 6.07) is 13.9. The van der Waals surface area contributed by atoms with Gasteiger partial charge in [0.2, 0.25) is 11.8 Å². The summed E-state index contributed by atoms with van der Waals surface area (Å²) in [5.41, 5.74) is 1.60. The number of hydrogen-bond donors (Lipinski definition) is 4. The molecule has 514 valence electrons. The normalized spacial score (nSPS) is 14.4. The fourth-order valence-electron chi connectivity index (χ4n) is 11.6. The number of methoxy groups -OCH3 is 2. The fraction of sp³-hybridized carbons (Fsp3) is 0.603. The Hall–Kier alpha value is -7.43. The smallest absolute Gasteiger partial charge is 0.340 e. The molecule has 6 aromatic rings. The highest BCUT2D eigenvalue weighted by atomic mass is 16.6. The summed E-state index contributed by atoms with van der Waals surface area (Å²) < 4.78 is 66.7. The number of aromatic hydroxyl groups is 2. The third kappa shape index (κ3) is 19.8. The number of nitrogens with zero attached hydrogens (tertiary/aromatic N) is 9. The number of phenolic OH excluding ortho intramolecular Hbond substituents is 2. The molecule has 0 saturated heterocycles. The molecule has 5 heterocycles. The zero-order valence-electron chi connectivity index (χ0n) is 55.9. The molecular weight excluding hydrogens is 1210 g/mol. The van der Waals surface area contributed by atoms with Crippen LogP contribution in [0.4, 0.5) is 5.69 Å². The summed E-state index contributed by atoms with van der Waals surface area (Å²) in [6.45, 7) is 18.2. The second-order valence-corrected chi connectivity index (χ2v) is 24.8. The number of benzene rings is 3. The average Bonchev–Trinajstić information content (AvgIpc) is 1.46. The predicted molar refractivity (Wildman–Crippen MR) is 346 cm³/mol. The van der Waals surface area contributed by atoms with Gasteiger partial charge in [-0.15, -0.1) is 15.3 Å². The number of anilines is 1. The second-order valence-electron chi connectivity index (χ2n) is 24.8. The molecule has 3 aromatic carbocycles. The van der Waals surface area contributed by atoms with Crippen molar-refractivity contribution in [1.82, 2.24) is 50.3 Å². The van der Waals surface area contributed by atoms with Gasteiger partial charge in [0, 0.05) is 84.5 Å². The van der Waals surface area contributed by atoms with Gasteiger partial charge in [-0.25, -0.2) is 9.48 Å². The maximum atomic E-state index is 13.5. The van der Waals surface area contributed by atoms with E-state index in [9.17, 15) is 24.6 Å². The van der Waals surface area contributed by atoms with E-state index in [4.69, 9.17) is 47.4 Å². The van der Waals surface area contributed by atoms with Crippen LogP contribution >= 0.6 is 0 Å². The van der Waals surface area contributed by atoms with Crippen LogP contribution in [0.15, 0.2) is 73.2 Å². The van der Waals surface area contributed by atoms with Crippen LogP contribution in [-0.2, 0) is 97.3 Å². The Morgan fingerprint density at radius 3 is 1.56 bits per heavy atom. The lowest BCUT2D eigenvalue weighted by molar-refractivity contribution is -0.124. The molecule has 0 fully saturated rings. The van der Waals surface area contributed by atoms with Crippen LogP contribution in [-0.4, -0.2) is 166 Å². The molecular formula is C68H97N11O15. The van der Waals surface area contributed by atoms with Gasteiger partial charge >= 0.3 is 5.97 Å². The van der Waals surface area contributed by atoms with Gasteiger partial charge in [-0.3, -0.25) is 19.0 Å². The molecule has 2 aliphatic rings. The van der Waals surface area contributed by atoms with Gasteiger partial charge in [0.25, 0.3) is 0 Å². The summed E-state index contributed by atoms with van der Waals surface area (Å²) in [5.74, 6) is -0.972. The number of carbonyl (C=O) groups excluding carboxylic acids is 3. The summed E-state index contributed by atoms with van der Waals surface area (Å²) >= 11 is 0. The Morgan fingerprint density at radius 2 is 1.03 bits per heavy atom. The van der Waals surface area contributed by atoms with Crippen molar-refractivity contribution in [1.29, 1.82) is 0 Å². The molecule has 1 spiro atoms. The van der Waals surface area contributed by atoms with Gasteiger partial charge in [0.05, 0.1) is 130 Å². The number of unbranched alkanes of at least 4 members (excludes halogenated alkanes) is 5. The standard InChI is InChI=1S/C68H97N11O15/c1-8-13-14-17-26-77-36-51(71-74-77)39-88-43-65(9-2,10-3)44-91-48-67(12-5,46-90-41-53-38-79(76-73-53)28-29-87-31-30-85-6)49-92-47-66(11-4,42-86-7)45-89-40-52-37-78(75-72-52)27-18-15-16-19-62(82)69-35-63(83)70-50-20-23-57-56(32-50)64(84)94-68(57)58-24-21-54(80)33-60(58)93-61-34-55(81)22-25-59(61)68/h20-25,32-34,36-38,80-81H,8-19,26-31,35,39-49H2,1-7H3,(H,69,82)(H,70,83). The molecule has 2 unspecified atom stereocenters. The minimum Gasteiger partial charge on any atom is -0.508 e. The van der Waals surface area contributed by atoms with Crippen molar-refractivity contribution in [2.75, 3.05) is 98.8 Å². The molecule has 2 amide bonds. The molecule has 0 saturated carbocycles. The zero-order chi connectivity index (χ0) is 66.8. The van der Waals surface area contributed by atoms with Gasteiger partial charge < -0.3 is 68.2 Å². The predicted octanol–water partition coefficient (Wildman–Crippen LogP) is 9.23. The number of hydrogen-bond acceptors (Lipinski definition) is 21. The van der Waals surface area contributed by atoms with Crippen LogP contribution in [0.25, 0.3) is 0 Å². The third-order valence-electron chi connectivity index (χ3n) is 17.7. The summed E-state index contributed by atoms with van der Waals surface area (Å²) in [5, 5.41) is 51.9. The van der Waals surface area contributed by atoms with E-state index in [1.165, 1.54) is 49.6 Å². The number of amides is 2. The van der Waals surface area contributed by atoms with Crippen LogP contribution in [0.5, 0.6) is 23.0 Å². The number of esters is 1. The number of carbonyl (C=O) groups is 3. The minimum atomic E-state index is -1.43. The molecule has 94 heavy (non-hydrogen) atoms. The van der Waals surface area contributed by atoms with Crippen molar-refractivity contribution in [3.63, 3.8) is 0 Å². The summed E-state index contributed by atoms with van der Waals surface area (Å²) in [7, 11) is 3.33. The first-order valence-corrected chi connectivity index (χ1v) is 33.1. The molecule has 0 radical (unpaired) electrons. The molecule has 3 aromatic heterocycles. The molecule has 26 nitrogen and oxygen atoms in total. The van der Waals surface area contributed by atoms with E-state index < -0.39 is 28.3 Å². The van der Waals surface area contributed by atoms with Crippen LogP contribution in [0, 0.1) is 16.2 Å². The van der Waals surface area contributed by atoms with E-state index in [1.54, 1.807) is 47.8 Å². The monoisotopic (exact) mass is 1310 g/mol. The van der Waals surface area contributed by atoms with Gasteiger partial charge in [-0.2, -0.15) is 0 Å². The van der Waals surface area contributed by atoms with Crippen LogP contribution in [0.3, 0.4) is 0 Å². The maximum absolute atomic E-state index is 13.5. The highest BCUT2D eigenvalue weighted by molar-refractivity contribution is 6.00. The first-order valence-electron chi connectivity index (χ1n) is 33.1. The van der Waals surface area contributed by atoms with E-state index in [-0.39, 0.29) is 66.1 Å². The number of ether oxygens (including phenoxy) is 10. The van der Waals surface area contributed by atoms with Crippen molar-refractivity contribution in [2.45, 2.75) is 157 Å². The molecule has 26 heteroatoms. The highest BCUT2D eigenvalue weighted by Gasteiger charge is 2.54. The fourth-order valence-corrected chi connectivity index (χ4v) is 11.6. The Labute approximate surface area is 550 Å². The second kappa shape index (κ2) is 35.9. The van der Waals surface area contributed by atoms with Crippen LogP contribution < -0.4 is 15.4 Å². The van der Waals surface area contributed by atoms with E-state index >= 15 is 0 Å². The highest BCUT2D eigenvalue weighted by Crippen LogP contribution is 2.57. The quantitative estimate of drug-likeness (QED) is 0.0204. The van der Waals surface area contributed by atoms with Crippen molar-refractivity contribution in [2.24, 2.45) is 16.2 Å². The lowest BCUT2D eigenvalue weighted by Gasteiger charge is -2.37. The number of phenols is 2. The number of nitrogens with one attached hydrogen (secondary N) is 2. The SMILES string of the molecule is CCCCCCn1cc(COCC(CC)(CC)COCC(CC)(COCc2cn(CCOCCOC)nn2)COCC(CC)(COC)COCc2cn(CCCCCC(=O)NCC(=O)Nc3ccc4c(c3)C(=O)OC43c4ccc(O)cc4Oc4cc(O)ccc43)nn2)nn1. The molecule has 2 atom stereocenters. The lowest BCUT2D eigenvalue weighted by Crippen LogP contribution is -2.42. The zero-order valence-corrected chi connectivity index (χ0v) is 55.9. The van der Waals surface area contributed by atoms with Crippen molar-refractivity contribution in [3.8, 4) is 23.0 Å². The van der Waals surface area contributed by atoms with Crippen molar-refractivity contribution in [3.05, 3.63) is 113 Å². The third-order valence-corrected chi connectivity index (χ3v) is 17.7. The lowest BCUT2D eigenvalue weighted by atomic mass is 9.77. The van der Waals surface area contributed by atoms with E-state index in [0.29, 0.717) is 133 Å². The summed E-state index contributed by atoms with van der Waals surface area (Å²) in [4.78, 5) is 39.4. The summed E-state index contributed by atoms with van der Waals surface area (Å²) in [6.07, 6.45) is 15.9. The molecule has 0 aliphatic carbocycles. The molecule has 4 N–H and O–H groups in total. The Bertz CT molecular complexity index is 3280. The first kappa shape index (κ1) is 72.4. The number of rotatable bonds is 46. The number of fused-ring (bicyclic) bond motifs is 6. The van der Waals surface area contributed by atoms with Gasteiger partial charge in [0.15, 0.2) is 5.60 Å². The molecule has 2 aliphatic heterocycles. The van der Waals surface area contributed by atoms with E-state index in [1.807, 2.05) is 23.3 Å². The van der Waals surface area contributed by atoms with E-state index in [2.05, 4.69) is 76.2 Å². The Kier molecular flexibility index (Phi) is 27.6. The Balaban J connectivity index is 0.769. The first-order chi connectivity index (χ1) is 45.6. The van der Waals surface area contributed by atoms with Crippen molar-refractivity contribution >= 4 is 23.5 Å².